The summed E-state index contributed by atoms with van der Waals surface area (Å²) in [6.45, 7) is 5.91. The summed E-state index contributed by atoms with van der Waals surface area (Å²) in [5, 5.41) is 4.07. The van der Waals surface area contributed by atoms with Crippen LogP contribution in [-0.2, 0) is 23.1 Å². The highest BCUT2D eigenvalue weighted by molar-refractivity contribution is 9.10. The molecule has 1 aromatic carbocycles. The summed E-state index contributed by atoms with van der Waals surface area (Å²) in [5.74, 6) is 0. The standard InChI is InChI=1S/C16H21BrN4O2S/c1-2-20-13-16(11-18-20)24(22,23)21-8-6-19(7-9-21)12-14-4-3-5-15(17)10-14/h3-5,10-11,13H,2,6-9,12H2,1H3. The molecule has 1 aliphatic rings. The molecular formula is C16H21BrN4O2S. The zero-order chi connectivity index (χ0) is 17.2. The molecule has 1 aromatic heterocycles. The summed E-state index contributed by atoms with van der Waals surface area (Å²) in [6, 6.07) is 8.21. The van der Waals surface area contributed by atoms with Crippen LogP contribution in [-0.4, -0.2) is 53.6 Å². The van der Waals surface area contributed by atoms with Gasteiger partial charge in [-0.05, 0) is 24.6 Å². The van der Waals surface area contributed by atoms with Crippen molar-refractivity contribution in [1.82, 2.24) is 19.0 Å². The number of hydrogen-bond acceptors (Lipinski definition) is 4. The van der Waals surface area contributed by atoms with Crippen LogP contribution in [0.1, 0.15) is 12.5 Å². The maximum Gasteiger partial charge on any atom is 0.246 e. The molecule has 2 aromatic rings. The first kappa shape index (κ1) is 17.6. The van der Waals surface area contributed by atoms with Crippen LogP contribution in [0.15, 0.2) is 46.0 Å². The fourth-order valence-electron chi connectivity index (χ4n) is 2.82. The first-order chi connectivity index (χ1) is 11.5. The maximum absolute atomic E-state index is 12.7. The summed E-state index contributed by atoms with van der Waals surface area (Å²) in [5.41, 5.74) is 1.23. The van der Waals surface area contributed by atoms with E-state index in [0.29, 0.717) is 19.6 Å². The van der Waals surface area contributed by atoms with Gasteiger partial charge in [0.1, 0.15) is 4.90 Å². The quantitative estimate of drug-likeness (QED) is 0.754. The van der Waals surface area contributed by atoms with Gasteiger partial charge >= 0.3 is 0 Å². The van der Waals surface area contributed by atoms with Gasteiger partial charge in [0.05, 0.1) is 6.20 Å². The third kappa shape index (κ3) is 3.88. The predicted octanol–water partition coefficient (Wildman–Crippen LogP) is 2.17. The van der Waals surface area contributed by atoms with Gasteiger partial charge in [-0.3, -0.25) is 9.58 Å². The van der Waals surface area contributed by atoms with E-state index >= 15 is 0 Å². The lowest BCUT2D eigenvalue weighted by atomic mass is 10.2. The molecule has 2 heterocycles. The van der Waals surface area contributed by atoms with Crippen LogP contribution < -0.4 is 0 Å². The number of benzene rings is 1. The Balaban J connectivity index is 1.62. The van der Waals surface area contributed by atoms with Crippen LogP contribution in [0.4, 0.5) is 0 Å². The average molecular weight is 413 g/mol. The molecule has 0 saturated carbocycles. The van der Waals surface area contributed by atoms with Crippen molar-refractivity contribution >= 4 is 26.0 Å². The van der Waals surface area contributed by atoms with E-state index in [-0.39, 0.29) is 4.90 Å². The predicted molar refractivity (Wildman–Crippen MR) is 96.1 cm³/mol. The molecule has 3 rings (SSSR count). The number of nitrogens with zero attached hydrogens (tertiary/aromatic N) is 4. The first-order valence-electron chi connectivity index (χ1n) is 7.98. The third-order valence-electron chi connectivity index (χ3n) is 4.20. The molecule has 0 spiro atoms. The van der Waals surface area contributed by atoms with Crippen molar-refractivity contribution in [3.63, 3.8) is 0 Å². The van der Waals surface area contributed by atoms with E-state index in [1.807, 2.05) is 19.1 Å². The van der Waals surface area contributed by atoms with Crippen LogP contribution in [0, 0.1) is 0 Å². The van der Waals surface area contributed by atoms with E-state index in [4.69, 9.17) is 0 Å². The normalized spacial score (nSPS) is 17.2. The van der Waals surface area contributed by atoms with E-state index in [1.165, 1.54) is 11.8 Å². The topological polar surface area (TPSA) is 58.4 Å². The lowest BCUT2D eigenvalue weighted by Gasteiger charge is -2.33. The number of piperazine rings is 1. The van der Waals surface area contributed by atoms with E-state index < -0.39 is 10.0 Å². The molecule has 0 radical (unpaired) electrons. The first-order valence-corrected chi connectivity index (χ1v) is 10.2. The molecule has 1 aliphatic heterocycles. The second-order valence-electron chi connectivity index (χ2n) is 5.84. The molecule has 0 atom stereocenters. The Hall–Kier alpha value is -1.22. The Labute approximate surface area is 151 Å². The van der Waals surface area contributed by atoms with Crippen molar-refractivity contribution in [2.75, 3.05) is 26.2 Å². The van der Waals surface area contributed by atoms with Crippen LogP contribution in [0.5, 0.6) is 0 Å². The lowest BCUT2D eigenvalue weighted by molar-refractivity contribution is 0.181. The van der Waals surface area contributed by atoms with Crippen LogP contribution in [0.25, 0.3) is 0 Å². The molecule has 24 heavy (non-hydrogen) atoms. The zero-order valence-electron chi connectivity index (χ0n) is 13.6. The highest BCUT2D eigenvalue weighted by Crippen LogP contribution is 2.19. The molecule has 8 heteroatoms. The van der Waals surface area contributed by atoms with E-state index in [2.05, 4.69) is 38.1 Å². The Morgan fingerprint density at radius 3 is 2.58 bits per heavy atom. The second-order valence-corrected chi connectivity index (χ2v) is 8.70. The van der Waals surface area contributed by atoms with Crippen molar-refractivity contribution < 1.29 is 8.42 Å². The van der Waals surface area contributed by atoms with Gasteiger partial charge in [-0.25, -0.2) is 8.42 Å². The van der Waals surface area contributed by atoms with Crippen molar-refractivity contribution in [3.8, 4) is 0 Å². The van der Waals surface area contributed by atoms with Gasteiger partial charge in [-0.1, -0.05) is 28.1 Å². The van der Waals surface area contributed by atoms with E-state index in [9.17, 15) is 8.42 Å². The van der Waals surface area contributed by atoms with Gasteiger partial charge in [-0.2, -0.15) is 9.40 Å². The molecule has 0 N–H and O–H groups in total. The average Bonchev–Trinajstić information content (AvgIpc) is 3.05. The van der Waals surface area contributed by atoms with Gasteiger partial charge in [0.2, 0.25) is 10.0 Å². The number of hydrogen-bond donors (Lipinski definition) is 0. The summed E-state index contributed by atoms with van der Waals surface area (Å²) in [6.07, 6.45) is 3.04. The SMILES string of the molecule is CCn1cc(S(=O)(=O)N2CCN(Cc3cccc(Br)c3)CC2)cn1. The minimum Gasteiger partial charge on any atom is -0.296 e. The highest BCUT2D eigenvalue weighted by atomic mass is 79.9. The van der Waals surface area contributed by atoms with Crippen molar-refractivity contribution in [2.24, 2.45) is 0 Å². The number of aryl methyl sites for hydroxylation is 1. The van der Waals surface area contributed by atoms with Gasteiger partial charge in [0, 0.05) is 49.9 Å². The minimum absolute atomic E-state index is 0.282. The van der Waals surface area contributed by atoms with Gasteiger partial charge in [-0.15, -0.1) is 0 Å². The number of aromatic nitrogens is 2. The van der Waals surface area contributed by atoms with Crippen LogP contribution in [0.2, 0.25) is 0 Å². The largest absolute Gasteiger partial charge is 0.296 e. The van der Waals surface area contributed by atoms with Crippen molar-refractivity contribution in [2.45, 2.75) is 24.9 Å². The Morgan fingerprint density at radius 2 is 1.96 bits per heavy atom. The maximum atomic E-state index is 12.7. The summed E-state index contributed by atoms with van der Waals surface area (Å²) >= 11 is 3.48. The molecule has 1 saturated heterocycles. The minimum atomic E-state index is -3.44. The Morgan fingerprint density at radius 1 is 1.21 bits per heavy atom. The Bertz CT molecular complexity index is 798. The Kier molecular flexibility index (Phi) is 5.39. The number of halogens is 1. The van der Waals surface area contributed by atoms with Crippen LogP contribution >= 0.6 is 15.9 Å². The molecular weight excluding hydrogens is 392 g/mol. The molecule has 1 fully saturated rings. The van der Waals surface area contributed by atoms with E-state index in [0.717, 1.165) is 24.1 Å². The zero-order valence-corrected chi connectivity index (χ0v) is 16.0. The van der Waals surface area contributed by atoms with Crippen LogP contribution in [0.3, 0.4) is 0 Å². The molecule has 0 bridgehead atoms. The lowest BCUT2D eigenvalue weighted by Crippen LogP contribution is -2.48. The summed E-state index contributed by atoms with van der Waals surface area (Å²) < 4.78 is 29.6. The van der Waals surface area contributed by atoms with Crippen molar-refractivity contribution in [3.05, 3.63) is 46.7 Å². The molecule has 130 valence electrons. The van der Waals surface area contributed by atoms with E-state index in [1.54, 1.807) is 15.2 Å². The summed E-state index contributed by atoms with van der Waals surface area (Å²) in [7, 11) is -3.44. The smallest absolute Gasteiger partial charge is 0.246 e. The molecule has 6 nitrogen and oxygen atoms in total. The number of rotatable bonds is 5. The molecule has 0 amide bonds. The summed E-state index contributed by atoms with van der Waals surface area (Å²) in [4.78, 5) is 2.56. The van der Waals surface area contributed by atoms with Gasteiger partial charge < -0.3 is 0 Å². The monoisotopic (exact) mass is 412 g/mol. The molecule has 0 unspecified atom stereocenters. The van der Waals surface area contributed by atoms with Gasteiger partial charge in [0.25, 0.3) is 0 Å². The van der Waals surface area contributed by atoms with Gasteiger partial charge in [0.15, 0.2) is 0 Å². The molecule has 0 aliphatic carbocycles. The van der Waals surface area contributed by atoms with Crippen molar-refractivity contribution in [1.29, 1.82) is 0 Å². The third-order valence-corrected chi connectivity index (χ3v) is 6.54. The number of sulfonamides is 1. The fourth-order valence-corrected chi connectivity index (χ4v) is 4.65. The highest BCUT2D eigenvalue weighted by Gasteiger charge is 2.29. The second kappa shape index (κ2) is 7.35. The fraction of sp³-hybridized carbons (Fsp3) is 0.438.